The summed E-state index contributed by atoms with van der Waals surface area (Å²) in [5.41, 5.74) is 0. The van der Waals surface area contributed by atoms with E-state index in [4.69, 9.17) is 5.11 Å². The quantitative estimate of drug-likeness (QED) is 0.668. The number of urea groups is 1. The van der Waals surface area contributed by atoms with Crippen molar-refractivity contribution >= 4 is 18.0 Å². The number of hydrogen-bond acceptors (Lipinski definition) is 4. The third-order valence-corrected chi connectivity index (χ3v) is 2.49. The van der Waals surface area contributed by atoms with Crippen molar-refractivity contribution in [2.45, 2.75) is 25.8 Å². The van der Waals surface area contributed by atoms with Crippen LogP contribution in [0.4, 0.5) is 4.79 Å². The van der Waals surface area contributed by atoms with E-state index >= 15 is 0 Å². The fraction of sp³-hybridized carbons (Fsp3) is 0.700. The highest BCUT2D eigenvalue weighted by molar-refractivity contribution is 5.85. The number of hydrogen-bond donors (Lipinski definition) is 2. The third kappa shape index (κ3) is 3.61. The summed E-state index contributed by atoms with van der Waals surface area (Å²) >= 11 is 0. The average Bonchev–Trinajstić information content (AvgIpc) is 2.75. The third-order valence-electron chi connectivity index (χ3n) is 2.49. The molecule has 2 amide bonds. The van der Waals surface area contributed by atoms with E-state index in [9.17, 15) is 14.4 Å². The molecule has 17 heavy (non-hydrogen) atoms. The number of likely N-dealkylation sites (tertiary alicyclic amines) is 1. The molecule has 0 aromatic heterocycles. The smallest absolute Gasteiger partial charge is 0.326 e. The highest BCUT2D eigenvalue weighted by Crippen LogP contribution is 2.16. The Morgan fingerprint density at radius 2 is 2.18 bits per heavy atom. The second-order valence-electron chi connectivity index (χ2n) is 3.65. The average molecular weight is 244 g/mol. The lowest BCUT2D eigenvalue weighted by Crippen LogP contribution is -2.47. The molecule has 0 spiro atoms. The van der Waals surface area contributed by atoms with Gasteiger partial charge in [0.15, 0.2) is 0 Å². The van der Waals surface area contributed by atoms with E-state index in [0.29, 0.717) is 19.4 Å². The Labute approximate surface area is 98.7 Å². The number of nitrogens with one attached hydrogen (secondary N) is 1. The maximum atomic E-state index is 11.6. The van der Waals surface area contributed by atoms with E-state index in [2.05, 4.69) is 10.1 Å². The van der Waals surface area contributed by atoms with Crippen molar-refractivity contribution in [3.8, 4) is 0 Å². The second-order valence-corrected chi connectivity index (χ2v) is 3.65. The lowest BCUT2D eigenvalue weighted by Gasteiger charge is -2.21. The lowest BCUT2D eigenvalue weighted by atomic mass is 10.2. The summed E-state index contributed by atoms with van der Waals surface area (Å²) in [6, 6.07) is -1.33. The van der Waals surface area contributed by atoms with Crippen LogP contribution in [-0.2, 0) is 14.3 Å². The number of ether oxygens (including phenoxy) is 1. The van der Waals surface area contributed by atoms with Gasteiger partial charge >= 0.3 is 18.0 Å². The Balaban J connectivity index is 2.42. The van der Waals surface area contributed by atoms with Gasteiger partial charge in [0.2, 0.25) is 0 Å². The SMILES string of the molecule is CCOC(=O)CNC(=O)N1CCC[C@@H]1C(=O)O. The molecule has 1 fully saturated rings. The Hall–Kier alpha value is -1.79. The van der Waals surface area contributed by atoms with Crippen LogP contribution in [0.5, 0.6) is 0 Å². The number of carbonyl (C=O) groups is 3. The van der Waals surface area contributed by atoms with Gasteiger partial charge in [-0.25, -0.2) is 9.59 Å². The molecule has 0 radical (unpaired) electrons. The van der Waals surface area contributed by atoms with Crippen LogP contribution in [-0.4, -0.2) is 53.7 Å². The van der Waals surface area contributed by atoms with Crippen LogP contribution in [0.1, 0.15) is 19.8 Å². The van der Waals surface area contributed by atoms with Crippen molar-refractivity contribution in [3.05, 3.63) is 0 Å². The fourth-order valence-corrected chi connectivity index (χ4v) is 1.73. The van der Waals surface area contributed by atoms with E-state index in [0.717, 1.165) is 0 Å². The van der Waals surface area contributed by atoms with Crippen molar-refractivity contribution < 1.29 is 24.2 Å². The van der Waals surface area contributed by atoms with Crippen LogP contribution >= 0.6 is 0 Å². The number of aliphatic carboxylic acids is 1. The van der Waals surface area contributed by atoms with Gasteiger partial charge in [-0.3, -0.25) is 4.79 Å². The van der Waals surface area contributed by atoms with Gasteiger partial charge in [0, 0.05) is 6.54 Å². The first kappa shape index (κ1) is 13.3. The van der Waals surface area contributed by atoms with Gasteiger partial charge in [-0.2, -0.15) is 0 Å². The first-order valence-electron chi connectivity index (χ1n) is 5.49. The Morgan fingerprint density at radius 3 is 2.76 bits per heavy atom. The zero-order valence-corrected chi connectivity index (χ0v) is 9.64. The topological polar surface area (TPSA) is 95.9 Å². The number of carbonyl (C=O) groups excluding carboxylic acids is 2. The van der Waals surface area contributed by atoms with E-state index in [1.807, 2.05) is 0 Å². The maximum absolute atomic E-state index is 11.6. The zero-order chi connectivity index (χ0) is 12.8. The molecule has 1 aliphatic heterocycles. The summed E-state index contributed by atoms with van der Waals surface area (Å²) in [7, 11) is 0. The molecule has 0 bridgehead atoms. The van der Waals surface area contributed by atoms with Crippen LogP contribution in [0.2, 0.25) is 0 Å². The Bertz CT molecular complexity index is 318. The van der Waals surface area contributed by atoms with Crippen LogP contribution in [0.25, 0.3) is 0 Å². The molecule has 0 saturated carbocycles. The molecule has 1 atom stereocenters. The van der Waals surface area contributed by atoms with Crippen molar-refractivity contribution in [3.63, 3.8) is 0 Å². The molecule has 7 nitrogen and oxygen atoms in total. The molecular formula is C10H16N2O5. The van der Waals surface area contributed by atoms with Crippen molar-refractivity contribution in [1.29, 1.82) is 0 Å². The molecule has 0 aromatic rings. The maximum Gasteiger partial charge on any atom is 0.326 e. The molecule has 7 heteroatoms. The fourth-order valence-electron chi connectivity index (χ4n) is 1.73. The standard InChI is InChI=1S/C10H16N2O5/c1-2-17-8(13)6-11-10(16)12-5-3-4-7(12)9(14)15/h7H,2-6H2,1H3,(H,11,16)(H,14,15)/t7-/m1/s1. The highest BCUT2D eigenvalue weighted by Gasteiger charge is 2.33. The Kier molecular flexibility index (Phi) is 4.74. The predicted molar refractivity (Wildman–Crippen MR) is 57.4 cm³/mol. The van der Waals surface area contributed by atoms with Crippen LogP contribution in [0, 0.1) is 0 Å². The summed E-state index contributed by atoms with van der Waals surface area (Å²) < 4.78 is 4.64. The van der Waals surface area contributed by atoms with Crippen LogP contribution < -0.4 is 5.32 Å². The van der Waals surface area contributed by atoms with Crippen molar-refractivity contribution in [2.24, 2.45) is 0 Å². The molecule has 1 heterocycles. The van der Waals surface area contributed by atoms with Gasteiger partial charge < -0.3 is 20.1 Å². The van der Waals surface area contributed by atoms with Gasteiger partial charge in [-0.05, 0) is 19.8 Å². The van der Waals surface area contributed by atoms with Crippen LogP contribution in [0.3, 0.4) is 0 Å². The molecule has 1 rings (SSSR count). The summed E-state index contributed by atoms with van der Waals surface area (Å²) in [4.78, 5) is 34.7. The predicted octanol–water partition coefficient (Wildman–Crippen LogP) is -0.192. The van der Waals surface area contributed by atoms with Crippen molar-refractivity contribution in [1.82, 2.24) is 10.2 Å². The minimum Gasteiger partial charge on any atom is -0.480 e. The Morgan fingerprint density at radius 1 is 1.47 bits per heavy atom. The molecule has 0 aromatic carbocycles. The van der Waals surface area contributed by atoms with Gasteiger partial charge in [-0.1, -0.05) is 0 Å². The van der Waals surface area contributed by atoms with E-state index in [-0.39, 0.29) is 13.2 Å². The number of amides is 2. The largest absolute Gasteiger partial charge is 0.480 e. The second kappa shape index (κ2) is 6.07. The minimum atomic E-state index is -1.02. The monoisotopic (exact) mass is 244 g/mol. The summed E-state index contributed by atoms with van der Waals surface area (Å²) in [5.74, 6) is -1.55. The van der Waals surface area contributed by atoms with Gasteiger partial charge in [0.05, 0.1) is 6.61 Å². The molecule has 2 N–H and O–H groups in total. The lowest BCUT2D eigenvalue weighted by molar-refractivity contribution is -0.141. The summed E-state index contributed by atoms with van der Waals surface area (Å²) in [6.45, 7) is 2.07. The molecular weight excluding hydrogens is 228 g/mol. The molecule has 1 aliphatic rings. The summed E-state index contributed by atoms with van der Waals surface area (Å²) in [5, 5.41) is 11.2. The molecule has 0 aliphatic carbocycles. The zero-order valence-electron chi connectivity index (χ0n) is 9.64. The van der Waals surface area contributed by atoms with E-state index < -0.39 is 24.0 Å². The summed E-state index contributed by atoms with van der Waals surface area (Å²) in [6.07, 6.45) is 1.10. The number of nitrogens with zero attached hydrogens (tertiary/aromatic N) is 1. The van der Waals surface area contributed by atoms with E-state index in [1.165, 1.54) is 4.90 Å². The molecule has 0 unspecified atom stereocenters. The van der Waals surface area contributed by atoms with Crippen molar-refractivity contribution in [2.75, 3.05) is 19.7 Å². The first-order chi connectivity index (χ1) is 8.06. The number of carboxylic acids is 1. The first-order valence-corrected chi connectivity index (χ1v) is 5.49. The normalized spacial score (nSPS) is 18.9. The minimum absolute atomic E-state index is 0.241. The van der Waals surface area contributed by atoms with Gasteiger partial charge in [-0.15, -0.1) is 0 Å². The number of carboxylic acid groups (broad SMARTS) is 1. The van der Waals surface area contributed by atoms with Gasteiger partial charge in [0.1, 0.15) is 12.6 Å². The highest BCUT2D eigenvalue weighted by atomic mass is 16.5. The molecule has 96 valence electrons. The van der Waals surface area contributed by atoms with Gasteiger partial charge in [0.25, 0.3) is 0 Å². The van der Waals surface area contributed by atoms with Crippen LogP contribution in [0.15, 0.2) is 0 Å². The van der Waals surface area contributed by atoms with E-state index in [1.54, 1.807) is 6.92 Å². The number of esters is 1. The number of rotatable bonds is 4. The molecule has 1 saturated heterocycles.